The first-order valence-electron chi connectivity index (χ1n) is 7.46. The summed E-state index contributed by atoms with van der Waals surface area (Å²) in [6.07, 6.45) is -4.77. The lowest BCUT2D eigenvalue weighted by atomic mass is 10.2. The van der Waals surface area contributed by atoms with Gasteiger partial charge in [0.25, 0.3) is 0 Å². The summed E-state index contributed by atoms with van der Waals surface area (Å²) in [6.45, 7) is 2.95. The first-order chi connectivity index (χ1) is 12.1. The van der Waals surface area contributed by atoms with Gasteiger partial charge in [-0.2, -0.15) is 13.2 Å². The van der Waals surface area contributed by atoms with Crippen molar-refractivity contribution in [2.45, 2.75) is 26.4 Å². The van der Waals surface area contributed by atoms with Crippen LogP contribution in [0.2, 0.25) is 5.02 Å². The molecule has 0 aliphatic heterocycles. The highest BCUT2D eigenvalue weighted by molar-refractivity contribution is 6.31. The van der Waals surface area contributed by atoms with Gasteiger partial charge < -0.3 is 9.84 Å². The third kappa shape index (κ3) is 4.98. The molecule has 1 aromatic heterocycles. The number of anilines is 2. The van der Waals surface area contributed by atoms with E-state index < -0.39 is 22.7 Å². The van der Waals surface area contributed by atoms with Gasteiger partial charge in [-0.15, -0.1) is 0 Å². The molecule has 140 valence electrons. The first kappa shape index (κ1) is 19.8. The predicted molar refractivity (Wildman–Crippen MR) is 89.0 cm³/mol. The van der Waals surface area contributed by atoms with Gasteiger partial charge in [-0.25, -0.2) is 0 Å². The Balaban J connectivity index is 2.03. The third-order valence-corrected chi connectivity index (χ3v) is 3.72. The molecule has 0 aliphatic rings. The van der Waals surface area contributed by atoms with Crippen molar-refractivity contribution in [3.8, 4) is 0 Å². The van der Waals surface area contributed by atoms with Crippen LogP contribution in [0.15, 0.2) is 28.8 Å². The van der Waals surface area contributed by atoms with Gasteiger partial charge in [0.1, 0.15) is 5.76 Å². The highest BCUT2D eigenvalue weighted by atomic mass is 35.5. The average molecular weight is 390 g/mol. The molecule has 2 aromatic rings. The maximum atomic E-state index is 12.8. The summed E-state index contributed by atoms with van der Waals surface area (Å²) < 4.78 is 43.4. The predicted octanol–water partition coefficient (Wildman–Crippen LogP) is 4.04. The van der Waals surface area contributed by atoms with Crippen LogP contribution in [0.1, 0.15) is 24.7 Å². The van der Waals surface area contributed by atoms with Gasteiger partial charge in [0.05, 0.1) is 10.6 Å². The Bertz CT molecular complexity index is 821. The number of amides is 2. The number of hydrogen-bond donors (Lipinski definition) is 1. The van der Waals surface area contributed by atoms with Crippen molar-refractivity contribution in [3.05, 3.63) is 40.6 Å². The smallest absolute Gasteiger partial charge is 0.360 e. The van der Waals surface area contributed by atoms with E-state index in [2.05, 4.69) is 10.5 Å². The van der Waals surface area contributed by atoms with Crippen LogP contribution in [-0.4, -0.2) is 23.5 Å². The van der Waals surface area contributed by atoms with Crippen LogP contribution in [0, 0.1) is 6.92 Å². The molecule has 1 N–H and O–H groups in total. The lowest BCUT2D eigenvalue weighted by Crippen LogP contribution is -2.32. The molecule has 6 nitrogen and oxygen atoms in total. The largest absolute Gasteiger partial charge is 0.417 e. The van der Waals surface area contributed by atoms with Crippen molar-refractivity contribution < 1.29 is 27.3 Å². The zero-order valence-corrected chi connectivity index (χ0v) is 14.6. The van der Waals surface area contributed by atoms with Crippen LogP contribution in [0.3, 0.4) is 0 Å². The minimum atomic E-state index is -4.63. The Kier molecular flexibility index (Phi) is 5.91. The highest BCUT2D eigenvalue weighted by Crippen LogP contribution is 2.36. The van der Waals surface area contributed by atoms with Crippen molar-refractivity contribution in [1.29, 1.82) is 0 Å². The number of nitrogens with zero attached hydrogens (tertiary/aromatic N) is 2. The lowest BCUT2D eigenvalue weighted by molar-refractivity contribution is -0.137. The monoisotopic (exact) mass is 389 g/mol. The Morgan fingerprint density at radius 3 is 2.54 bits per heavy atom. The van der Waals surface area contributed by atoms with Crippen molar-refractivity contribution in [3.63, 3.8) is 0 Å². The SMILES string of the molecule is CC(=O)N(CCC(=O)Nc1ccc(Cl)c(C(F)(F)F)c1)c1cc(C)on1. The number of carbonyl (C=O) groups excluding carboxylic acids is 2. The summed E-state index contributed by atoms with van der Waals surface area (Å²) in [5.74, 6) is -0.158. The molecular weight excluding hydrogens is 375 g/mol. The zero-order valence-electron chi connectivity index (χ0n) is 13.9. The first-order valence-corrected chi connectivity index (χ1v) is 7.83. The number of carbonyl (C=O) groups is 2. The molecule has 0 saturated heterocycles. The number of hydrogen-bond acceptors (Lipinski definition) is 4. The summed E-state index contributed by atoms with van der Waals surface area (Å²) in [5.41, 5.74) is -1.08. The van der Waals surface area contributed by atoms with Crippen LogP contribution in [0.4, 0.5) is 24.7 Å². The zero-order chi connectivity index (χ0) is 19.5. The van der Waals surface area contributed by atoms with E-state index in [1.807, 2.05) is 0 Å². The summed E-state index contributed by atoms with van der Waals surface area (Å²) in [7, 11) is 0. The second kappa shape index (κ2) is 7.77. The number of aryl methyl sites for hydroxylation is 1. The van der Waals surface area contributed by atoms with Gasteiger partial charge in [-0.1, -0.05) is 16.8 Å². The fourth-order valence-electron chi connectivity index (χ4n) is 2.17. The van der Waals surface area contributed by atoms with E-state index in [4.69, 9.17) is 16.1 Å². The fraction of sp³-hybridized carbons (Fsp3) is 0.312. The molecule has 0 aliphatic carbocycles. The van der Waals surface area contributed by atoms with Crippen LogP contribution in [0.25, 0.3) is 0 Å². The van der Waals surface area contributed by atoms with E-state index >= 15 is 0 Å². The number of aromatic nitrogens is 1. The van der Waals surface area contributed by atoms with Gasteiger partial charge in [-0.05, 0) is 25.1 Å². The summed E-state index contributed by atoms with van der Waals surface area (Å²) >= 11 is 5.53. The number of halogens is 4. The molecule has 0 atom stereocenters. The van der Waals surface area contributed by atoms with E-state index in [1.54, 1.807) is 6.92 Å². The summed E-state index contributed by atoms with van der Waals surface area (Å²) in [5, 5.41) is 5.60. The van der Waals surface area contributed by atoms with Crippen molar-refractivity contribution in [2.24, 2.45) is 0 Å². The number of nitrogens with one attached hydrogen (secondary N) is 1. The molecule has 10 heteroatoms. The normalized spacial score (nSPS) is 11.3. The second-order valence-electron chi connectivity index (χ2n) is 5.46. The van der Waals surface area contributed by atoms with Gasteiger partial charge in [-0.3, -0.25) is 14.5 Å². The van der Waals surface area contributed by atoms with E-state index in [-0.39, 0.29) is 30.4 Å². The molecule has 2 rings (SSSR count). The Morgan fingerprint density at radius 1 is 1.31 bits per heavy atom. The molecule has 0 fully saturated rings. The topological polar surface area (TPSA) is 75.4 Å². The average Bonchev–Trinajstić information content (AvgIpc) is 2.94. The Labute approximate surface area is 151 Å². The van der Waals surface area contributed by atoms with Crippen LogP contribution in [-0.2, 0) is 15.8 Å². The maximum Gasteiger partial charge on any atom is 0.417 e. The lowest BCUT2D eigenvalue weighted by Gasteiger charge is -2.17. The van der Waals surface area contributed by atoms with Crippen molar-refractivity contribution in [1.82, 2.24) is 5.16 Å². The molecule has 0 radical (unpaired) electrons. The molecule has 0 unspecified atom stereocenters. The molecule has 1 aromatic carbocycles. The standard InChI is InChI=1S/C16H15ClF3N3O3/c1-9-7-14(22-26-9)23(10(2)24)6-5-15(25)21-11-3-4-13(17)12(8-11)16(18,19)20/h3-4,7-8H,5-6H2,1-2H3,(H,21,25). The van der Waals surface area contributed by atoms with Crippen LogP contribution >= 0.6 is 11.6 Å². The molecular formula is C16H15ClF3N3O3. The van der Waals surface area contributed by atoms with Crippen LogP contribution < -0.4 is 10.2 Å². The number of rotatable bonds is 5. The summed E-state index contributed by atoms with van der Waals surface area (Å²) in [4.78, 5) is 24.9. The molecule has 0 saturated carbocycles. The second-order valence-corrected chi connectivity index (χ2v) is 5.86. The molecule has 2 amide bonds. The van der Waals surface area contributed by atoms with Crippen molar-refractivity contribution >= 4 is 34.9 Å². The minimum absolute atomic E-state index is 0.00709. The van der Waals surface area contributed by atoms with Crippen molar-refractivity contribution in [2.75, 3.05) is 16.8 Å². The molecule has 0 spiro atoms. The minimum Gasteiger partial charge on any atom is -0.360 e. The van der Waals surface area contributed by atoms with Gasteiger partial charge in [0, 0.05) is 31.6 Å². The van der Waals surface area contributed by atoms with E-state index in [0.717, 1.165) is 12.1 Å². The number of alkyl halides is 3. The quantitative estimate of drug-likeness (QED) is 0.837. The van der Waals surface area contributed by atoms with Gasteiger partial charge in [0.2, 0.25) is 11.8 Å². The Morgan fingerprint density at radius 2 is 2.00 bits per heavy atom. The maximum absolute atomic E-state index is 12.8. The van der Waals surface area contributed by atoms with E-state index in [0.29, 0.717) is 5.76 Å². The Hall–Kier alpha value is -2.55. The third-order valence-electron chi connectivity index (χ3n) is 3.39. The summed E-state index contributed by atoms with van der Waals surface area (Å²) in [6, 6.07) is 4.61. The molecule has 26 heavy (non-hydrogen) atoms. The van der Waals surface area contributed by atoms with E-state index in [1.165, 1.54) is 24.0 Å². The van der Waals surface area contributed by atoms with Gasteiger partial charge >= 0.3 is 6.18 Å². The number of benzene rings is 1. The van der Waals surface area contributed by atoms with E-state index in [9.17, 15) is 22.8 Å². The van der Waals surface area contributed by atoms with Crippen LogP contribution in [0.5, 0.6) is 0 Å². The fourth-order valence-corrected chi connectivity index (χ4v) is 2.40. The molecule has 1 heterocycles. The van der Waals surface area contributed by atoms with Gasteiger partial charge in [0.15, 0.2) is 5.82 Å². The molecule has 0 bridgehead atoms. The highest BCUT2D eigenvalue weighted by Gasteiger charge is 2.33.